The van der Waals surface area contributed by atoms with E-state index in [-0.39, 0.29) is 17.9 Å². The molecule has 2 saturated heterocycles. The van der Waals surface area contributed by atoms with Crippen LogP contribution in [0.3, 0.4) is 0 Å². The Morgan fingerprint density at radius 1 is 1.34 bits per heavy atom. The van der Waals surface area contributed by atoms with Gasteiger partial charge in [-0.1, -0.05) is 0 Å². The Bertz CT molecular complexity index is 717. The lowest BCUT2D eigenvalue weighted by Crippen LogP contribution is -2.58. The summed E-state index contributed by atoms with van der Waals surface area (Å²) in [6, 6.07) is 2.45. The Hall–Kier alpha value is -1.64. The zero-order chi connectivity index (χ0) is 20.4. The lowest BCUT2D eigenvalue weighted by atomic mass is 9.62. The molecule has 1 aromatic rings. The first kappa shape index (κ1) is 20.6. The second-order valence-corrected chi connectivity index (χ2v) is 9.04. The van der Waals surface area contributed by atoms with Crippen molar-refractivity contribution in [2.75, 3.05) is 58.8 Å². The maximum Gasteiger partial charge on any atom is 0.244 e. The van der Waals surface area contributed by atoms with E-state index >= 15 is 0 Å². The average Bonchev–Trinajstić information content (AvgIpc) is 3.04. The summed E-state index contributed by atoms with van der Waals surface area (Å²) >= 11 is 0. The molecule has 3 atom stereocenters. The maximum atomic E-state index is 13.0. The van der Waals surface area contributed by atoms with Crippen molar-refractivity contribution in [1.29, 1.82) is 0 Å². The quantitative estimate of drug-likeness (QED) is 0.791. The zero-order valence-corrected chi connectivity index (χ0v) is 17.8. The molecule has 2 N–H and O–H groups in total. The molecule has 3 heterocycles. The summed E-state index contributed by atoms with van der Waals surface area (Å²) in [5, 5.41) is 4.35. The third kappa shape index (κ3) is 4.29. The summed E-state index contributed by atoms with van der Waals surface area (Å²) in [7, 11) is 1.79. The van der Waals surface area contributed by atoms with E-state index in [4.69, 9.17) is 15.2 Å². The fraction of sp³-hybridized carbons (Fsp3) is 0.810. The Morgan fingerprint density at radius 3 is 2.83 bits per heavy atom. The number of carbonyl (C=O) groups is 1. The first-order valence-corrected chi connectivity index (χ1v) is 10.9. The number of nitrogens with two attached hydrogens (primary N) is 1. The molecule has 3 fully saturated rings. The number of nitrogen functional groups attached to an aromatic ring is 1. The minimum Gasteiger partial charge on any atom is -0.384 e. The van der Waals surface area contributed by atoms with Gasteiger partial charge in [0.2, 0.25) is 5.91 Å². The van der Waals surface area contributed by atoms with Gasteiger partial charge in [0.05, 0.1) is 25.5 Å². The summed E-state index contributed by atoms with van der Waals surface area (Å²) < 4.78 is 12.8. The second-order valence-electron chi connectivity index (χ2n) is 9.04. The summed E-state index contributed by atoms with van der Waals surface area (Å²) in [4.78, 5) is 17.6. The number of aromatic nitrogens is 2. The fourth-order valence-corrected chi connectivity index (χ4v) is 5.69. The number of morpholine rings is 1. The van der Waals surface area contributed by atoms with Crippen molar-refractivity contribution in [3.8, 4) is 0 Å². The van der Waals surface area contributed by atoms with Crippen LogP contribution in [0.5, 0.6) is 0 Å². The standard InChI is InChI=1S/C21H35N5O3/c1-16-11-19(22)26(23-16)13-20(27)25-6-4-17-12-18(24-7-9-29-10-8-24)3-5-21(17,14-25)15-28-2/h11,17-18H,3-10,12-15,22H2,1-2H3/t17-,18-,21+/m1/s1. The number of nitrogens with zero attached hydrogens (tertiary/aromatic N) is 4. The van der Waals surface area contributed by atoms with Gasteiger partial charge in [0, 0.05) is 50.8 Å². The van der Waals surface area contributed by atoms with Gasteiger partial charge in [0.1, 0.15) is 12.4 Å². The number of anilines is 1. The molecule has 2 aliphatic heterocycles. The van der Waals surface area contributed by atoms with Crippen LogP contribution >= 0.6 is 0 Å². The molecule has 162 valence electrons. The first-order valence-electron chi connectivity index (χ1n) is 10.9. The molecular formula is C21H35N5O3. The number of piperidine rings is 1. The number of rotatable bonds is 5. The molecule has 0 bridgehead atoms. The van der Waals surface area contributed by atoms with Crippen LogP contribution in [0.2, 0.25) is 0 Å². The molecule has 1 amide bonds. The number of carbonyl (C=O) groups excluding carboxylic acids is 1. The van der Waals surface area contributed by atoms with Gasteiger partial charge in [0.25, 0.3) is 0 Å². The van der Waals surface area contributed by atoms with Gasteiger partial charge in [-0.15, -0.1) is 0 Å². The fourth-order valence-electron chi connectivity index (χ4n) is 5.69. The predicted molar refractivity (Wildman–Crippen MR) is 110 cm³/mol. The Balaban J connectivity index is 1.42. The highest BCUT2D eigenvalue weighted by molar-refractivity contribution is 5.76. The van der Waals surface area contributed by atoms with E-state index in [0.717, 1.165) is 64.5 Å². The highest BCUT2D eigenvalue weighted by Crippen LogP contribution is 2.47. The van der Waals surface area contributed by atoms with Gasteiger partial charge >= 0.3 is 0 Å². The van der Waals surface area contributed by atoms with Crippen molar-refractivity contribution in [3.05, 3.63) is 11.8 Å². The van der Waals surface area contributed by atoms with E-state index in [1.165, 1.54) is 12.8 Å². The van der Waals surface area contributed by atoms with E-state index in [9.17, 15) is 4.79 Å². The van der Waals surface area contributed by atoms with Gasteiger partial charge in [-0.25, -0.2) is 4.68 Å². The summed E-state index contributed by atoms with van der Waals surface area (Å²) in [6.45, 7) is 8.21. The third-order valence-electron chi connectivity index (χ3n) is 7.22. The monoisotopic (exact) mass is 405 g/mol. The molecule has 1 aromatic heterocycles. The number of ether oxygens (including phenoxy) is 2. The lowest BCUT2D eigenvalue weighted by Gasteiger charge is -2.54. The van der Waals surface area contributed by atoms with Gasteiger partial charge in [0.15, 0.2) is 0 Å². The number of amides is 1. The number of aryl methyl sites for hydroxylation is 1. The predicted octanol–water partition coefficient (Wildman–Crippen LogP) is 1.14. The molecule has 0 aromatic carbocycles. The summed E-state index contributed by atoms with van der Waals surface area (Å²) in [5.74, 6) is 1.25. The molecule has 8 nitrogen and oxygen atoms in total. The number of methoxy groups -OCH3 is 1. The molecule has 0 radical (unpaired) electrons. The van der Waals surface area contributed by atoms with Gasteiger partial charge in [-0.2, -0.15) is 5.10 Å². The first-order chi connectivity index (χ1) is 14.0. The topological polar surface area (TPSA) is 85.9 Å². The van der Waals surface area contributed by atoms with Gasteiger partial charge in [-0.05, 0) is 38.5 Å². The van der Waals surface area contributed by atoms with Gasteiger partial charge in [-0.3, -0.25) is 9.69 Å². The molecule has 29 heavy (non-hydrogen) atoms. The van der Waals surface area contributed by atoms with Crippen molar-refractivity contribution >= 4 is 11.7 Å². The van der Waals surface area contributed by atoms with E-state index in [2.05, 4.69) is 10.00 Å². The molecule has 0 unspecified atom stereocenters. The molecule has 4 rings (SSSR count). The van der Waals surface area contributed by atoms with E-state index < -0.39 is 0 Å². The Labute approximate surface area is 173 Å². The number of fused-ring (bicyclic) bond motifs is 1. The second kappa shape index (κ2) is 8.62. The minimum atomic E-state index is 0.0665. The molecule has 3 aliphatic rings. The molecular weight excluding hydrogens is 370 g/mol. The lowest BCUT2D eigenvalue weighted by molar-refractivity contribution is -0.143. The molecule has 1 saturated carbocycles. The molecule has 1 aliphatic carbocycles. The van der Waals surface area contributed by atoms with Crippen molar-refractivity contribution in [2.45, 2.75) is 45.2 Å². The van der Waals surface area contributed by atoms with Crippen LogP contribution in [0.15, 0.2) is 6.07 Å². The summed E-state index contributed by atoms with van der Waals surface area (Å²) in [5.41, 5.74) is 6.89. The minimum absolute atomic E-state index is 0.0665. The van der Waals surface area contributed by atoms with E-state index in [1.807, 2.05) is 11.8 Å². The maximum absolute atomic E-state index is 13.0. The normalized spacial score (nSPS) is 30.9. The third-order valence-corrected chi connectivity index (χ3v) is 7.22. The number of hydrogen-bond donors (Lipinski definition) is 1. The van der Waals surface area contributed by atoms with E-state index in [0.29, 0.717) is 17.8 Å². The summed E-state index contributed by atoms with van der Waals surface area (Å²) in [6.07, 6.45) is 4.54. The van der Waals surface area contributed by atoms with Crippen molar-refractivity contribution in [3.63, 3.8) is 0 Å². The van der Waals surface area contributed by atoms with Crippen LogP contribution in [0.25, 0.3) is 0 Å². The van der Waals surface area contributed by atoms with Crippen molar-refractivity contribution in [1.82, 2.24) is 19.6 Å². The Morgan fingerprint density at radius 2 is 2.14 bits per heavy atom. The van der Waals surface area contributed by atoms with Crippen LogP contribution in [0.4, 0.5) is 5.82 Å². The molecule has 0 spiro atoms. The van der Waals surface area contributed by atoms with Crippen LogP contribution in [-0.4, -0.2) is 84.6 Å². The van der Waals surface area contributed by atoms with Crippen LogP contribution in [0.1, 0.15) is 31.4 Å². The Kier molecular flexibility index (Phi) is 6.13. The van der Waals surface area contributed by atoms with Gasteiger partial charge < -0.3 is 20.1 Å². The number of hydrogen-bond acceptors (Lipinski definition) is 6. The van der Waals surface area contributed by atoms with Crippen molar-refractivity contribution < 1.29 is 14.3 Å². The largest absolute Gasteiger partial charge is 0.384 e. The molecule has 8 heteroatoms. The van der Waals surface area contributed by atoms with Crippen LogP contribution < -0.4 is 5.73 Å². The average molecular weight is 406 g/mol. The SMILES string of the molecule is COC[C@@]12CC[C@@H](N3CCOCC3)C[C@H]1CCN(C(=O)Cn1nc(C)cc1N)C2. The van der Waals surface area contributed by atoms with Crippen molar-refractivity contribution in [2.24, 2.45) is 11.3 Å². The highest BCUT2D eigenvalue weighted by Gasteiger charge is 2.48. The highest BCUT2D eigenvalue weighted by atomic mass is 16.5. The zero-order valence-electron chi connectivity index (χ0n) is 17.8. The smallest absolute Gasteiger partial charge is 0.244 e. The van der Waals surface area contributed by atoms with E-state index in [1.54, 1.807) is 17.9 Å². The number of likely N-dealkylation sites (tertiary alicyclic amines) is 1. The van der Waals surface area contributed by atoms with Crippen LogP contribution in [-0.2, 0) is 20.8 Å². The van der Waals surface area contributed by atoms with Crippen LogP contribution in [0, 0.1) is 18.3 Å².